The number of phenolic OH excluding ortho intramolecular Hbond substituents is 1. The Hall–Kier alpha value is -0.480. The van der Waals surface area contributed by atoms with Gasteiger partial charge in [0.1, 0.15) is 0 Å². The predicted octanol–water partition coefficient (Wildman–Crippen LogP) is 2.83. The van der Waals surface area contributed by atoms with E-state index in [0.717, 1.165) is 24.8 Å². The zero-order valence-electron chi connectivity index (χ0n) is 8.92. The van der Waals surface area contributed by atoms with Gasteiger partial charge in [0, 0.05) is 6.04 Å². The van der Waals surface area contributed by atoms with E-state index in [1.54, 1.807) is 12.1 Å². The van der Waals surface area contributed by atoms with E-state index in [9.17, 15) is 5.11 Å². The van der Waals surface area contributed by atoms with Crippen LogP contribution in [0, 0.1) is 0 Å². The van der Waals surface area contributed by atoms with Gasteiger partial charge in [-0.05, 0) is 37.1 Å². The minimum Gasteiger partial charge on any atom is -0.505 e. The van der Waals surface area contributed by atoms with Crippen LogP contribution >= 0.6 is 23.2 Å². The Labute approximate surface area is 105 Å². The van der Waals surface area contributed by atoms with E-state index in [-0.39, 0.29) is 21.8 Å². The number of benzene rings is 1. The third kappa shape index (κ3) is 3.52. The van der Waals surface area contributed by atoms with Crippen LogP contribution in [0.5, 0.6) is 5.75 Å². The molecule has 90 valence electrons. The first kappa shape index (κ1) is 13.6. The van der Waals surface area contributed by atoms with E-state index in [4.69, 9.17) is 34.7 Å². The molecule has 1 aromatic carbocycles. The summed E-state index contributed by atoms with van der Waals surface area (Å²) in [4.78, 5) is 0. The van der Waals surface area contributed by atoms with Crippen molar-refractivity contribution in [3.63, 3.8) is 0 Å². The lowest BCUT2D eigenvalue weighted by Gasteiger charge is -2.13. The number of nitrogens with two attached hydrogens (primary N) is 2. The van der Waals surface area contributed by atoms with E-state index in [1.807, 2.05) is 0 Å². The fraction of sp³-hybridized carbons (Fsp3) is 0.455. The molecule has 0 aliphatic heterocycles. The topological polar surface area (TPSA) is 72.3 Å². The van der Waals surface area contributed by atoms with Crippen LogP contribution in [-0.2, 0) is 0 Å². The van der Waals surface area contributed by atoms with Gasteiger partial charge in [0.05, 0.1) is 10.0 Å². The molecule has 3 nitrogen and oxygen atoms in total. The molecular weight excluding hydrogens is 247 g/mol. The molecule has 0 aromatic heterocycles. The predicted molar refractivity (Wildman–Crippen MR) is 68.0 cm³/mol. The van der Waals surface area contributed by atoms with Crippen molar-refractivity contribution >= 4 is 23.2 Å². The summed E-state index contributed by atoms with van der Waals surface area (Å²) in [6.07, 6.45) is 2.75. The Morgan fingerprint density at radius 3 is 2.25 bits per heavy atom. The highest BCUT2D eigenvalue weighted by Gasteiger charge is 2.11. The van der Waals surface area contributed by atoms with Crippen molar-refractivity contribution in [3.8, 4) is 5.75 Å². The SMILES string of the molecule is NCCCC[C@@H](N)c1cc(Cl)c(O)c(Cl)c1. The molecule has 0 saturated carbocycles. The Morgan fingerprint density at radius 2 is 1.75 bits per heavy atom. The number of rotatable bonds is 5. The molecule has 16 heavy (non-hydrogen) atoms. The Bertz CT molecular complexity index is 335. The first-order valence-electron chi connectivity index (χ1n) is 5.19. The zero-order valence-corrected chi connectivity index (χ0v) is 10.4. The maximum Gasteiger partial charge on any atom is 0.152 e. The second-order valence-electron chi connectivity index (χ2n) is 3.72. The van der Waals surface area contributed by atoms with Crippen molar-refractivity contribution in [2.24, 2.45) is 11.5 Å². The fourth-order valence-electron chi connectivity index (χ4n) is 1.47. The minimum atomic E-state index is -0.123. The Morgan fingerprint density at radius 1 is 1.19 bits per heavy atom. The summed E-state index contributed by atoms with van der Waals surface area (Å²) in [5.74, 6) is -0.0961. The maximum atomic E-state index is 9.41. The quantitative estimate of drug-likeness (QED) is 0.715. The van der Waals surface area contributed by atoms with Crippen molar-refractivity contribution in [3.05, 3.63) is 27.7 Å². The lowest BCUT2D eigenvalue weighted by molar-refractivity contribution is 0.475. The molecule has 0 saturated heterocycles. The first-order valence-corrected chi connectivity index (χ1v) is 5.95. The zero-order chi connectivity index (χ0) is 12.1. The maximum absolute atomic E-state index is 9.41. The standard InChI is InChI=1S/C11H16Cl2N2O/c12-8-5-7(6-9(13)11(8)16)10(15)3-1-2-4-14/h5-6,10,16H,1-4,14-15H2/t10-/m1/s1. The van der Waals surface area contributed by atoms with Crippen molar-refractivity contribution in [2.45, 2.75) is 25.3 Å². The normalized spacial score (nSPS) is 12.8. The van der Waals surface area contributed by atoms with Gasteiger partial charge in [-0.25, -0.2) is 0 Å². The number of aromatic hydroxyl groups is 1. The summed E-state index contributed by atoms with van der Waals surface area (Å²) in [5.41, 5.74) is 12.2. The molecular formula is C11H16Cl2N2O. The Balaban J connectivity index is 2.72. The highest BCUT2D eigenvalue weighted by atomic mass is 35.5. The van der Waals surface area contributed by atoms with Gasteiger partial charge in [0.25, 0.3) is 0 Å². The molecule has 0 amide bonds. The van der Waals surface area contributed by atoms with Crippen molar-refractivity contribution < 1.29 is 5.11 Å². The summed E-state index contributed by atoms with van der Waals surface area (Å²) in [6.45, 7) is 0.670. The van der Waals surface area contributed by atoms with E-state index >= 15 is 0 Å². The first-order chi connectivity index (χ1) is 7.56. The molecule has 0 heterocycles. The van der Waals surface area contributed by atoms with Gasteiger partial charge < -0.3 is 16.6 Å². The molecule has 0 bridgehead atoms. The lowest BCUT2D eigenvalue weighted by Crippen LogP contribution is -2.11. The van der Waals surface area contributed by atoms with E-state index in [1.165, 1.54) is 0 Å². The number of halogens is 2. The fourth-order valence-corrected chi connectivity index (χ4v) is 1.98. The molecule has 0 aliphatic rings. The third-order valence-electron chi connectivity index (χ3n) is 2.44. The van der Waals surface area contributed by atoms with Crippen LogP contribution in [0.3, 0.4) is 0 Å². The average molecular weight is 263 g/mol. The van der Waals surface area contributed by atoms with Gasteiger partial charge in [-0.15, -0.1) is 0 Å². The largest absolute Gasteiger partial charge is 0.505 e. The number of unbranched alkanes of at least 4 members (excludes halogenated alkanes) is 1. The highest BCUT2D eigenvalue weighted by Crippen LogP contribution is 2.34. The number of hydrogen-bond acceptors (Lipinski definition) is 3. The molecule has 0 aliphatic carbocycles. The van der Waals surface area contributed by atoms with Crippen LogP contribution in [0.25, 0.3) is 0 Å². The van der Waals surface area contributed by atoms with Crippen molar-refractivity contribution in [1.82, 2.24) is 0 Å². The monoisotopic (exact) mass is 262 g/mol. The molecule has 1 rings (SSSR count). The van der Waals surface area contributed by atoms with Gasteiger partial charge in [0.2, 0.25) is 0 Å². The van der Waals surface area contributed by atoms with Gasteiger partial charge in [-0.1, -0.05) is 29.6 Å². The van der Waals surface area contributed by atoms with E-state index in [2.05, 4.69) is 0 Å². The van der Waals surface area contributed by atoms with Gasteiger partial charge in [-0.2, -0.15) is 0 Å². The van der Waals surface area contributed by atoms with Crippen molar-refractivity contribution in [1.29, 1.82) is 0 Å². The highest BCUT2D eigenvalue weighted by molar-refractivity contribution is 6.37. The molecule has 1 aromatic rings. The summed E-state index contributed by atoms with van der Waals surface area (Å²) in [6, 6.07) is 3.17. The van der Waals surface area contributed by atoms with Crippen LogP contribution in [0.1, 0.15) is 30.9 Å². The Kier molecular flexibility index (Phi) is 5.35. The van der Waals surface area contributed by atoms with Crippen molar-refractivity contribution in [2.75, 3.05) is 6.54 Å². The molecule has 0 radical (unpaired) electrons. The minimum absolute atomic E-state index is 0.0961. The van der Waals surface area contributed by atoms with Gasteiger partial charge in [-0.3, -0.25) is 0 Å². The van der Waals surface area contributed by atoms with Gasteiger partial charge in [0.15, 0.2) is 5.75 Å². The van der Waals surface area contributed by atoms with Gasteiger partial charge >= 0.3 is 0 Å². The second-order valence-corrected chi connectivity index (χ2v) is 4.54. The summed E-state index contributed by atoms with van der Waals surface area (Å²) in [7, 11) is 0. The molecule has 5 N–H and O–H groups in total. The second kappa shape index (κ2) is 6.30. The number of phenols is 1. The molecule has 1 atom stereocenters. The molecule has 0 fully saturated rings. The molecule has 5 heteroatoms. The molecule has 0 unspecified atom stereocenters. The number of hydrogen-bond donors (Lipinski definition) is 3. The van der Waals surface area contributed by atoms with Crippen LogP contribution in [0.2, 0.25) is 10.0 Å². The molecule has 0 spiro atoms. The lowest BCUT2D eigenvalue weighted by atomic mass is 10.0. The summed E-state index contributed by atoms with van der Waals surface area (Å²) in [5, 5.41) is 9.87. The summed E-state index contributed by atoms with van der Waals surface area (Å²) < 4.78 is 0. The van der Waals surface area contributed by atoms with E-state index < -0.39 is 0 Å². The average Bonchev–Trinajstić information content (AvgIpc) is 2.25. The third-order valence-corrected chi connectivity index (χ3v) is 3.01. The van der Waals surface area contributed by atoms with E-state index in [0.29, 0.717) is 6.54 Å². The summed E-state index contributed by atoms with van der Waals surface area (Å²) >= 11 is 11.6. The smallest absolute Gasteiger partial charge is 0.152 e. The van der Waals surface area contributed by atoms with Crippen LogP contribution in [0.15, 0.2) is 12.1 Å². The van der Waals surface area contributed by atoms with Crippen LogP contribution in [0.4, 0.5) is 0 Å². The van der Waals surface area contributed by atoms with Crippen LogP contribution < -0.4 is 11.5 Å². The van der Waals surface area contributed by atoms with Crippen LogP contribution in [-0.4, -0.2) is 11.7 Å².